The Morgan fingerprint density at radius 3 is 2.96 bits per heavy atom. The number of thiazole rings is 1. The Balaban J connectivity index is 1.43. The molecule has 0 N–H and O–H groups in total. The lowest BCUT2D eigenvalue weighted by atomic mass is 9.90. The molecule has 2 aromatic heterocycles. The lowest BCUT2D eigenvalue weighted by Gasteiger charge is -2.27. The molecular weight excluding hydrogens is 320 g/mol. The van der Waals surface area contributed by atoms with Crippen molar-refractivity contribution in [3.8, 4) is 0 Å². The Hall–Kier alpha value is -1.53. The lowest BCUT2D eigenvalue weighted by Crippen LogP contribution is -2.34. The number of hydrogen-bond donors (Lipinski definition) is 0. The number of hydrogen-bond acceptors (Lipinski definition) is 5. The Morgan fingerprint density at radius 1 is 1.29 bits per heavy atom. The molecule has 1 aliphatic carbocycles. The van der Waals surface area contributed by atoms with Crippen molar-refractivity contribution in [3.05, 3.63) is 43.8 Å². The van der Waals surface area contributed by atoms with Gasteiger partial charge in [0.1, 0.15) is 0 Å². The third-order valence-electron chi connectivity index (χ3n) is 5.23. The van der Waals surface area contributed by atoms with E-state index in [1.54, 1.807) is 13.1 Å². The van der Waals surface area contributed by atoms with E-state index in [1.165, 1.54) is 47.5 Å². The van der Waals surface area contributed by atoms with Crippen molar-refractivity contribution < 1.29 is 0 Å². The summed E-state index contributed by atoms with van der Waals surface area (Å²) in [5, 5.41) is 7.94. The zero-order valence-electron chi connectivity index (χ0n) is 14.2. The molecule has 0 bridgehead atoms. The molecule has 24 heavy (non-hydrogen) atoms. The van der Waals surface area contributed by atoms with Crippen molar-refractivity contribution in [1.82, 2.24) is 19.7 Å². The molecule has 1 saturated carbocycles. The second-order valence-corrected chi connectivity index (χ2v) is 7.94. The van der Waals surface area contributed by atoms with Crippen molar-refractivity contribution in [1.29, 1.82) is 0 Å². The van der Waals surface area contributed by atoms with Crippen LogP contribution in [0.2, 0.25) is 0 Å². The standard InChI is InChI=1S/C18H24N4OS/c1-21-17(23)9-14-10-22(8-7-16(14)20-21)11-15-12-24-18(19-15)13-5-3-2-4-6-13/h9,12-13H,2-8,10-11H2,1H3. The minimum atomic E-state index is -0.0242. The SMILES string of the molecule is Cn1nc2c(cc1=O)CN(Cc1csc(C3CCCCC3)n1)CC2. The van der Waals surface area contributed by atoms with Crippen LogP contribution in [0.3, 0.4) is 0 Å². The molecule has 2 aliphatic rings. The molecule has 1 aliphatic heterocycles. The molecule has 128 valence electrons. The first-order valence-corrected chi connectivity index (χ1v) is 9.80. The largest absolute Gasteiger partial charge is 0.293 e. The summed E-state index contributed by atoms with van der Waals surface area (Å²) in [5.74, 6) is 0.687. The first-order chi connectivity index (χ1) is 11.7. The average molecular weight is 344 g/mol. The summed E-state index contributed by atoms with van der Waals surface area (Å²) in [6.45, 7) is 2.65. The van der Waals surface area contributed by atoms with Gasteiger partial charge < -0.3 is 0 Å². The minimum Gasteiger partial charge on any atom is -0.293 e. The Bertz CT molecular complexity index is 776. The van der Waals surface area contributed by atoms with Crippen LogP contribution in [-0.4, -0.2) is 26.2 Å². The average Bonchev–Trinajstić information content (AvgIpc) is 3.05. The summed E-state index contributed by atoms with van der Waals surface area (Å²) in [7, 11) is 1.72. The fourth-order valence-electron chi connectivity index (χ4n) is 3.85. The molecule has 0 aromatic carbocycles. The quantitative estimate of drug-likeness (QED) is 0.859. The summed E-state index contributed by atoms with van der Waals surface area (Å²) in [4.78, 5) is 19.1. The molecule has 0 amide bonds. The van der Waals surface area contributed by atoms with Gasteiger partial charge in [0.05, 0.1) is 16.4 Å². The van der Waals surface area contributed by atoms with Crippen LogP contribution in [0.4, 0.5) is 0 Å². The van der Waals surface area contributed by atoms with Crippen molar-refractivity contribution in [2.45, 2.75) is 57.5 Å². The van der Waals surface area contributed by atoms with Gasteiger partial charge in [0, 0.05) is 50.5 Å². The first kappa shape index (κ1) is 16.0. The van der Waals surface area contributed by atoms with E-state index in [-0.39, 0.29) is 5.56 Å². The van der Waals surface area contributed by atoms with Crippen molar-refractivity contribution in [2.75, 3.05) is 6.54 Å². The van der Waals surface area contributed by atoms with Crippen LogP contribution in [0.25, 0.3) is 0 Å². The maximum Gasteiger partial charge on any atom is 0.266 e. The Labute approximate surface area is 146 Å². The van der Waals surface area contributed by atoms with Crippen molar-refractivity contribution >= 4 is 11.3 Å². The minimum absolute atomic E-state index is 0.0242. The predicted octanol–water partition coefficient (Wildman–Crippen LogP) is 2.84. The smallest absolute Gasteiger partial charge is 0.266 e. The number of rotatable bonds is 3. The highest BCUT2D eigenvalue weighted by Gasteiger charge is 2.22. The van der Waals surface area contributed by atoms with Gasteiger partial charge in [-0.2, -0.15) is 5.10 Å². The van der Waals surface area contributed by atoms with Gasteiger partial charge in [-0.25, -0.2) is 9.67 Å². The highest BCUT2D eigenvalue weighted by molar-refractivity contribution is 7.09. The molecule has 6 heteroatoms. The van der Waals surface area contributed by atoms with Crippen LogP contribution in [0.5, 0.6) is 0 Å². The van der Waals surface area contributed by atoms with E-state index in [9.17, 15) is 4.79 Å². The Kier molecular flexibility index (Phi) is 4.50. The summed E-state index contributed by atoms with van der Waals surface area (Å²) in [6.07, 6.45) is 7.60. The zero-order chi connectivity index (χ0) is 16.5. The zero-order valence-corrected chi connectivity index (χ0v) is 15.0. The van der Waals surface area contributed by atoms with Crippen LogP contribution in [0.15, 0.2) is 16.2 Å². The van der Waals surface area contributed by atoms with Gasteiger partial charge in [-0.3, -0.25) is 9.69 Å². The topological polar surface area (TPSA) is 51.0 Å². The van der Waals surface area contributed by atoms with Gasteiger partial charge in [-0.05, 0) is 18.4 Å². The molecule has 5 nitrogen and oxygen atoms in total. The fourth-order valence-corrected chi connectivity index (χ4v) is 4.83. The third-order valence-corrected chi connectivity index (χ3v) is 6.28. The second-order valence-electron chi connectivity index (χ2n) is 7.05. The summed E-state index contributed by atoms with van der Waals surface area (Å²) in [5.41, 5.74) is 3.30. The van der Waals surface area contributed by atoms with Crippen molar-refractivity contribution in [3.63, 3.8) is 0 Å². The van der Waals surface area contributed by atoms with Gasteiger partial charge in [-0.1, -0.05) is 19.3 Å². The molecule has 2 aromatic rings. The molecular formula is C18H24N4OS. The molecule has 0 unspecified atom stereocenters. The molecule has 0 radical (unpaired) electrons. The van der Waals surface area contributed by atoms with Crippen LogP contribution < -0.4 is 5.56 Å². The maximum atomic E-state index is 11.8. The number of aryl methyl sites for hydroxylation is 1. The predicted molar refractivity (Wildman–Crippen MR) is 95.2 cm³/mol. The van der Waals surface area contributed by atoms with E-state index >= 15 is 0 Å². The van der Waals surface area contributed by atoms with E-state index in [1.807, 2.05) is 11.3 Å². The van der Waals surface area contributed by atoms with Gasteiger partial charge in [0.15, 0.2) is 0 Å². The van der Waals surface area contributed by atoms with E-state index in [2.05, 4.69) is 15.4 Å². The van der Waals surface area contributed by atoms with Gasteiger partial charge >= 0.3 is 0 Å². The highest BCUT2D eigenvalue weighted by Crippen LogP contribution is 2.34. The van der Waals surface area contributed by atoms with E-state index < -0.39 is 0 Å². The number of aromatic nitrogens is 3. The van der Waals surface area contributed by atoms with Gasteiger partial charge in [-0.15, -0.1) is 11.3 Å². The number of nitrogens with zero attached hydrogens (tertiary/aromatic N) is 4. The second kappa shape index (κ2) is 6.76. The van der Waals surface area contributed by atoms with Crippen LogP contribution in [0.1, 0.15) is 60.0 Å². The molecule has 0 spiro atoms. The molecule has 4 rings (SSSR count). The normalized spacial score (nSPS) is 19.4. The summed E-state index contributed by atoms with van der Waals surface area (Å²) >= 11 is 1.83. The van der Waals surface area contributed by atoms with E-state index in [4.69, 9.17) is 4.98 Å². The molecule has 0 atom stereocenters. The fraction of sp³-hybridized carbons (Fsp3) is 0.611. The van der Waals surface area contributed by atoms with Gasteiger partial charge in [0.25, 0.3) is 5.56 Å². The maximum absolute atomic E-state index is 11.8. The molecule has 1 fully saturated rings. The first-order valence-electron chi connectivity index (χ1n) is 8.92. The third kappa shape index (κ3) is 3.30. The van der Waals surface area contributed by atoms with Gasteiger partial charge in [0.2, 0.25) is 0 Å². The van der Waals surface area contributed by atoms with E-state index in [0.29, 0.717) is 5.92 Å². The van der Waals surface area contributed by atoms with Crippen LogP contribution in [0, 0.1) is 0 Å². The summed E-state index contributed by atoms with van der Waals surface area (Å²) in [6, 6.07) is 1.74. The van der Waals surface area contributed by atoms with Crippen LogP contribution >= 0.6 is 11.3 Å². The van der Waals surface area contributed by atoms with E-state index in [0.717, 1.165) is 37.3 Å². The summed E-state index contributed by atoms with van der Waals surface area (Å²) < 4.78 is 1.44. The molecule has 0 saturated heterocycles. The van der Waals surface area contributed by atoms with Crippen LogP contribution in [-0.2, 0) is 26.6 Å². The number of fused-ring (bicyclic) bond motifs is 1. The molecule has 3 heterocycles. The highest BCUT2D eigenvalue weighted by atomic mass is 32.1. The monoisotopic (exact) mass is 344 g/mol. The van der Waals surface area contributed by atoms with Crippen molar-refractivity contribution in [2.24, 2.45) is 7.05 Å². The lowest BCUT2D eigenvalue weighted by molar-refractivity contribution is 0.238. The Morgan fingerprint density at radius 2 is 2.12 bits per heavy atom.